The van der Waals surface area contributed by atoms with Gasteiger partial charge in [0.15, 0.2) is 0 Å². The lowest BCUT2D eigenvalue weighted by atomic mass is 10.2. The van der Waals surface area contributed by atoms with E-state index in [0.717, 1.165) is 28.1 Å². The van der Waals surface area contributed by atoms with E-state index >= 15 is 0 Å². The average molecular weight is 232 g/mol. The molecule has 86 valence electrons. The Kier molecular flexibility index (Phi) is 2.39. The molecule has 0 aliphatic rings. The van der Waals surface area contributed by atoms with Crippen molar-refractivity contribution in [3.8, 4) is 18.0 Å². The molecule has 0 amide bonds. The maximum Gasteiger partial charge on any atom is 0.111 e. The minimum Gasteiger partial charge on any atom is -0.295 e. The Morgan fingerprint density at radius 1 is 1.06 bits per heavy atom. The maximum atomic E-state index is 5.57. The van der Waals surface area contributed by atoms with Crippen LogP contribution in [-0.4, -0.2) is 9.55 Å². The number of fused-ring (bicyclic) bond motifs is 1. The van der Waals surface area contributed by atoms with E-state index in [1.165, 1.54) is 0 Å². The SMILES string of the molecule is C#Cc1ccccc1-n1c(C)nc2ccccc21. The summed E-state index contributed by atoms with van der Waals surface area (Å²) in [5, 5.41) is 0. The van der Waals surface area contributed by atoms with Crippen molar-refractivity contribution in [1.82, 2.24) is 9.55 Å². The molecule has 3 aromatic rings. The largest absolute Gasteiger partial charge is 0.295 e. The molecule has 0 bridgehead atoms. The molecular weight excluding hydrogens is 220 g/mol. The lowest BCUT2D eigenvalue weighted by Crippen LogP contribution is -1.99. The molecule has 0 unspecified atom stereocenters. The summed E-state index contributed by atoms with van der Waals surface area (Å²) in [5.41, 5.74) is 3.95. The zero-order chi connectivity index (χ0) is 12.5. The van der Waals surface area contributed by atoms with Crippen molar-refractivity contribution in [3.63, 3.8) is 0 Å². The zero-order valence-corrected chi connectivity index (χ0v) is 10.1. The van der Waals surface area contributed by atoms with Gasteiger partial charge in [-0.1, -0.05) is 30.2 Å². The van der Waals surface area contributed by atoms with Crippen LogP contribution in [0.3, 0.4) is 0 Å². The topological polar surface area (TPSA) is 17.8 Å². The molecule has 0 N–H and O–H groups in total. The van der Waals surface area contributed by atoms with Gasteiger partial charge in [0.1, 0.15) is 5.82 Å². The van der Waals surface area contributed by atoms with Gasteiger partial charge in [0.2, 0.25) is 0 Å². The highest BCUT2D eigenvalue weighted by Gasteiger charge is 2.10. The van der Waals surface area contributed by atoms with Crippen LogP contribution in [-0.2, 0) is 0 Å². The number of imidazole rings is 1. The molecule has 3 rings (SSSR count). The van der Waals surface area contributed by atoms with Crippen LogP contribution in [0, 0.1) is 19.3 Å². The second-order valence-electron chi connectivity index (χ2n) is 4.14. The van der Waals surface area contributed by atoms with Crippen LogP contribution < -0.4 is 0 Å². The summed E-state index contributed by atoms with van der Waals surface area (Å²) in [5.74, 6) is 3.67. The number of hydrogen-bond donors (Lipinski definition) is 0. The van der Waals surface area contributed by atoms with Gasteiger partial charge < -0.3 is 0 Å². The smallest absolute Gasteiger partial charge is 0.111 e. The van der Waals surface area contributed by atoms with E-state index in [1.807, 2.05) is 49.4 Å². The highest BCUT2D eigenvalue weighted by molar-refractivity contribution is 5.78. The number of aromatic nitrogens is 2. The summed E-state index contributed by atoms with van der Waals surface area (Å²) in [6.07, 6.45) is 5.57. The fourth-order valence-corrected chi connectivity index (χ4v) is 2.24. The van der Waals surface area contributed by atoms with Crippen LogP contribution in [0.5, 0.6) is 0 Å². The van der Waals surface area contributed by atoms with E-state index in [0.29, 0.717) is 0 Å². The van der Waals surface area contributed by atoms with Gasteiger partial charge in [0, 0.05) is 5.56 Å². The van der Waals surface area contributed by atoms with Gasteiger partial charge in [-0.05, 0) is 31.2 Å². The number of para-hydroxylation sites is 3. The lowest BCUT2D eigenvalue weighted by Gasteiger charge is -2.09. The molecule has 1 heterocycles. The average Bonchev–Trinajstić information content (AvgIpc) is 2.74. The van der Waals surface area contributed by atoms with Gasteiger partial charge in [-0.25, -0.2) is 4.98 Å². The van der Waals surface area contributed by atoms with E-state index in [2.05, 4.69) is 21.5 Å². The molecular formula is C16H12N2. The third-order valence-corrected chi connectivity index (χ3v) is 3.03. The molecule has 2 nitrogen and oxygen atoms in total. The molecule has 0 spiro atoms. The molecule has 0 radical (unpaired) electrons. The van der Waals surface area contributed by atoms with E-state index < -0.39 is 0 Å². The first-order chi connectivity index (χ1) is 8.81. The van der Waals surface area contributed by atoms with Crippen LogP contribution in [0.4, 0.5) is 0 Å². The third kappa shape index (κ3) is 1.49. The molecule has 0 saturated heterocycles. The summed E-state index contributed by atoms with van der Waals surface area (Å²) >= 11 is 0. The van der Waals surface area contributed by atoms with Crippen LogP contribution in [0.15, 0.2) is 48.5 Å². The number of terminal acetylenes is 1. The van der Waals surface area contributed by atoms with Gasteiger partial charge in [0.25, 0.3) is 0 Å². The Hall–Kier alpha value is -2.53. The van der Waals surface area contributed by atoms with Crippen molar-refractivity contribution in [2.24, 2.45) is 0 Å². The summed E-state index contributed by atoms with van der Waals surface area (Å²) in [6.45, 7) is 1.99. The Bertz CT molecular complexity index is 760. The van der Waals surface area contributed by atoms with Crippen molar-refractivity contribution >= 4 is 11.0 Å². The summed E-state index contributed by atoms with van der Waals surface area (Å²) < 4.78 is 2.10. The minimum atomic E-state index is 0.878. The molecule has 2 aromatic carbocycles. The van der Waals surface area contributed by atoms with E-state index in [4.69, 9.17) is 6.42 Å². The predicted molar refractivity (Wildman–Crippen MR) is 73.7 cm³/mol. The third-order valence-electron chi connectivity index (χ3n) is 3.03. The predicted octanol–water partition coefficient (Wildman–Crippen LogP) is 3.32. The summed E-state index contributed by atoms with van der Waals surface area (Å²) in [6, 6.07) is 16.0. The zero-order valence-electron chi connectivity index (χ0n) is 10.1. The number of benzene rings is 2. The van der Waals surface area contributed by atoms with Crippen LogP contribution in [0.2, 0.25) is 0 Å². The number of aryl methyl sites for hydroxylation is 1. The molecule has 18 heavy (non-hydrogen) atoms. The standard InChI is InChI=1S/C16H12N2/c1-3-13-8-4-6-10-15(13)18-12(2)17-14-9-5-7-11-16(14)18/h1,4-11H,2H3. The van der Waals surface area contributed by atoms with Crippen molar-refractivity contribution < 1.29 is 0 Å². The van der Waals surface area contributed by atoms with Crippen molar-refractivity contribution in [2.75, 3.05) is 0 Å². The molecule has 1 aromatic heterocycles. The van der Waals surface area contributed by atoms with Gasteiger partial charge >= 0.3 is 0 Å². The van der Waals surface area contributed by atoms with Crippen LogP contribution in [0.25, 0.3) is 16.7 Å². The Balaban J connectivity index is 2.39. The minimum absolute atomic E-state index is 0.878. The molecule has 2 heteroatoms. The molecule has 0 fully saturated rings. The first-order valence-corrected chi connectivity index (χ1v) is 5.81. The van der Waals surface area contributed by atoms with E-state index in [1.54, 1.807) is 0 Å². The molecule has 0 saturated carbocycles. The van der Waals surface area contributed by atoms with Crippen molar-refractivity contribution in [1.29, 1.82) is 0 Å². The fourth-order valence-electron chi connectivity index (χ4n) is 2.24. The van der Waals surface area contributed by atoms with E-state index in [9.17, 15) is 0 Å². The summed E-state index contributed by atoms with van der Waals surface area (Å²) in [4.78, 5) is 4.56. The fraction of sp³-hybridized carbons (Fsp3) is 0.0625. The first kappa shape index (κ1) is 10.6. The highest BCUT2D eigenvalue weighted by atomic mass is 15.1. The molecule has 0 aliphatic heterocycles. The van der Waals surface area contributed by atoms with Gasteiger partial charge in [-0.15, -0.1) is 6.42 Å². The van der Waals surface area contributed by atoms with E-state index in [-0.39, 0.29) is 0 Å². The molecule has 0 aliphatic carbocycles. The second kappa shape index (κ2) is 4.05. The second-order valence-corrected chi connectivity index (χ2v) is 4.14. The Morgan fingerprint density at radius 2 is 1.78 bits per heavy atom. The van der Waals surface area contributed by atoms with Crippen molar-refractivity contribution in [3.05, 3.63) is 59.9 Å². The quantitative estimate of drug-likeness (QED) is 0.588. The maximum absolute atomic E-state index is 5.57. The number of nitrogens with zero attached hydrogens (tertiary/aromatic N) is 2. The normalized spacial score (nSPS) is 10.4. The first-order valence-electron chi connectivity index (χ1n) is 5.81. The Morgan fingerprint density at radius 3 is 2.61 bits per heavy atom. The van der Waals surface area contributed by atoms with Crippen molar-refractivity contribution in [2.45, 2.75) is 6.92 Å². The van der Waals surface area contributed by atoms with Gasteiger partial charge in [-0.2, -0.15) is 0 Å². The van der Waals surface area contributed by atoms with Crippen LogP contribution in [0.1, 0.15) is 11.4 Å². The summed E-state index contributed by atoms with van der Waals surface area (Å²) in [7, 11) is 0. The van der Waals surface area contributed by atoms with Gasteiger partial charge in [-0.3, -0.25) is 4.57 Å². The lowest BCUT2D eigenvalue weighted by molar-refractivity contribution is 0.998. The van der Waals surface area contributed by atoms with Crippen LogP contribution >= 0.6 is 0 Å². The van der Waals surface area contributed by atoms with Gasteiger partial charge in [0.05, 0.1) is 16.7 Å². The molecule has 0 atom stereocenters. The number of rotatable bonds is 1. The monoisotopic (exact) mass is 232 g/mol. The number of hydrogen-bond acceptors (Lipinski definition) is 1. The Labute approximate surface area is 106 Å². The highest BCUT2D eigenvalue weighted by Crippen LogP contribution is 2.23.